The number of nitrogens with zero attached hydrogens (tertiary/aromatic N) is 2. The molecule has 3 nitrogen and oxygen atoms in total. The third-order valence-corrected chi connectivity index (χ3v) is 3.36. The topological polar surface area (TPSA) is 34.5 Å². The summed E-state index contributed by atoms with van der Waals surface area (Å²) in [6.45, 7) is 6.20. The van der Waals surface area contributed by atoms with Crippen LogP contribution in [0.4, 0.5) is 0 Å². The van der Waals surface area contributed by atoms with E-state index in [4.69, 9.17) is 16.4 Å². The molecule has 20 heavy (non-hydrogen) atoms. The first-order valence-electron chi connectivity index (χ1n) is 6.42. The van der Waals surface area contributed by atoms with E-state index in [1.165, 1.54) is 0 Å². The molecule has 0 N–H and O–H groups in total. The van der Waals surface area contributed by atoms with Gasteiger partial charge >= 0.3 is 0 Å². The predicted molar refractivity (Wildman–Crippen MR) is 82.2 cm³/mol. The van der Waals surface area contributed by atoms with Crippen molar-refractivity contribution in [2.24, 2.45) is 5.16 Å². The molecule has 1 aromatic carbocycles. The summed E-state index contributed by atoms with van der Waals surface area (Å²) >= 11 is 6.01. The molecular weight excluding hydrogens is 272 g/mol. The summed E-state index contributed by atoms with van der Waals surface area (Å²) in [5.74, 6) is 0. The van der Waals surface area contributed by atoms with Crippen molar-refractivity contribution >= 4 is 17.3 Å². The van der Waals surface area contributed by atoms with Crippen molar-refractivity contribution < 1.29 is 4.84 Å². The molecule has 0 aliphatic rings. The maximum absolute atomic E-state index is 6.01. The lowest BCUT2D eigenvalue weighted by Crippen LogP contribution is -1.99. The Morgan fingerprint density at radius 2 is 2.05 bits per heavy atom. The lowest BCUT2D eigenvalue weighted by atomic mass is 10.1. The zero-order valence-electron chi connectivity index (χ0n) is 11.9. The Morgan fingerprint density at radius 3 is 2.75 bits per heavy atom. The molecule has 0 aliphatic carbocycles. The molecule has 0 fully saturated rings. The molecule has 0 saturated heterocycles. The van der Waals surface area contributed by atoms with E-state index in [1.54, 1.807) is 0 Å². The molecule has 4 heteroatoms. The van der Waals surface area contributed by atoms with Crippen LogP contribution < -0.4 is 0 Å². The van der Waals surface area contributed by atoms with Crippen LogP contribution in [-0.4, -0.2) is 10.7 Å². The third-order valence-electron chi connectivity index (χ3n) is 2.94. The Labute approximate surface area is 124 Å². The van der Waals surface area contributed by atoms with E-state index in [1.807, 2.05) is 57.2 Å². The molecule has 104 valence electrons. The van der Waals surface area contributed by atoms with E-state index in [0.717, 1.165) is 33.2 Å². The summed E-state index contributed by atoms with van der Waals surface area (Å²) in [5.41, 5.74) is 4.69. The van der Waals surface area contributed by atoms with E-state index in [-0.39, 0.29) is 0 Å². The zero-order valence-corrected chi connectivity index (χ0v) is 12.6. The van der Waals surface area contributed by atoms with Crippen molar-refractivity contribution in [3.05, 3.63) is 63.9 Å². The first-order chi connectivity index (χ1) is 9.56. The fraction of sp³-hybridized carbons (Fsp3) is 0.250. The van der Waals surface area contributed by atoms with Gasteiger partial charge in [0.25, 0.3) is 0 Å². The van der Waals surface area contributed by atoms with Crippen LogP contribution in [0.25, 0.3) is 0 Å². The van der Waals surface area contributed by atoms with Gasteiger partial charge < -0.3 is 4.84 Å². The van der Waals surface area contributed by atoms with Crippen LogP contribution in [0.15, 0.2) is 41.6 Å². The molecule has 0 unspecified atom stereocenters. The van der Waals surface area contributed by atoms with Crippen molar-refractivity contribution in [1.29, 1.82) is 0 Å². The second-order valence-electron chi connectivity index (χ2n) is 4.68. The van der Waals surface area contributed by atoms with Gasteiger partial charge in [-0.05, 0) is 56.2 Å². The minimum absolute atomic E-state index is 0.367. The van der Waals surface area contributed by atoms with Gasteiger partial charge in [-0.25, -0.2) is 0 Å². The van der Waals surface area contributed by atoms with Crippen LogP contribution >= 0.6 is 11.6 Å². The monoisotopic (exact) mass is 288 g/mol. The van der Waals surface area contributed by atoms with Crippen LogP contribution in [0.1, 0.15) is 29.4 Å². The first kappa shape index (κ1) is 14.5. The average molecular weight is 289 g/mol. The highest BCUT2D eigenvalue weighted by Crippen LogP contribution is 2.17. The molecule has 2 rings (SSSR count). The summed E-state index contributed by atoms with van der Waals surface area (Å²) in [6, 6.07) is 11.6. The predicted octanol–water partition coefficient (Wildman–Crippen LogP) is 4.29. The van der Waals surface area contributed by atoms with E-state index in [0.29, 0.717) is 6.61 Å². The molecule has 1 aromatic heterocycles. The van der Waals surface area contributed by atoms with Gasteiger partial charge in [-0.2, -0.15) is 0 Å². The lowest BCUT2D eigenvalue weighted by Gasteiger charge is -2.05. The molecule has 0 saturated carbocycles. The highest BCUT2D eigenvalue weighted by Gasteiger charge is 2.02. The van der Waals surface area contributed by atoms with Gasteiger partial charge in [0.15, 0.2) is 6.61 Å². The Kier molecular flexibility index (Phi) is 4.74. The quantitative estimate of drug-likeness (QED) is 0.621. The molecule has 2 aromatic rings. The minimum atomic E-state index is 0.367. The maximum atomic E-state index is 6.01. The molecule has 0 aliphatic heterocycles. The zero-order chi connectivity index (χ0) is 14.5. The van der Waals surface area contributed by atoms with Crippen LogP contribution in [0.3, 0.4) is 0 Å². The summed E-state index contributed by atoms with van der Waals surface area (Å²) < 4.78 is 0. The van der Waals surface area contributed by atoms with Crippen LogP contribution in [0.2, 0.25) is 5.02 Å². The first-order valence-corrected chi connectivity index (χ1v) is 6.79. The minimum Gasteiger partial charge on any atom is -0.389 e. The van der Waals surface area contributed by atoms with Gasteiger partial charge in [0.05, 0.1) is 11.4 Å². The number of oxime groups is 1. The molecule has 0 atom stereocenters. The summed E-state index contributed by atoms with van der Waals surface area (Å²) in [4.78, 5) is 9.71. The van der Waals surface area contributed by atoms with Crippen LogP contribution in [0.5, 0.6) is 0 Å². The number of halogens is 1. The second-order valence-corrected chi connectivity index (χ2v) is 5.09. The highest BCUT2D eigenvalue weighted by atomic mass is 35.5. The molecule has 1 heterocycles. The van der Waals surface area contributed by atoms with Gasteiger partial charge in [-0.15, -0.1) is 0 Å². The highest BCUT2D eigenvalue weighted by molar-refractivity contribution is 6.31. The molecule has 0 radical (unpaired) electrons. The van der Waals surface area contributed by atoms with Crippen molar-refractivity contribution in [2.45, 2.75) is 27.4 Å². The normalized spacial score (nSPS) is 11.5. The Balaban J connectivity index is 2.02. The van der Waals surface area contributed by atoms with E-state index < -0.39 is 0 Å². The number of benzene rings is 1. The van der Waals surface area contributed by atoms with Crippen molar-refractivity contribution in [2.75, 3.05) is 0 Å². The number of pyridine rings is 1. The maximum Gasteiger partial charge on any atom is 0.159 e. The Hall–Kier alpha value is -1.87. The summed E-state index contributed by atoms with van der Waals surface area (Å²) in [6.07, 6.45) is 0. The van der Waals surface area contributed by atoms with Gasteiger partial charge in [0, 0.05) is 10.7 Å². The molecule has 0 bridgehead atoms. The fourth-order valence-electron chi connectivity index (χ4n) is 1.80. The van der Waals surface area contributed by atoms with Gasteiger partial charge in [0.1, 0.15) is 0 Å². The molecule has 0 spiro atoms. The van der Waals surface area contributed by atoms with Crippen LogP contribution in [0, 0.1) is 13.8 Å². The Morgan fingerprint density at radius 1 is 1.25 bits per heavy atom. The average Bonchev–Trinajstić information content (AvgIpc) is 2.42. The van der Waals surface area contributed by atoms with E-state index >= 15 is 0 Å². The van der Waals surface area contributed by atoms with Gasteiger partial charge in [-0.1, -0.05) is 28.9 Å². The van der Waals surface area contributed by atoms with Crippen LogP contribution in [-0.2, 0) is 11.4 Å². The number of hydrogen-bond donors (Lipinski definition) is 0. The number of aryl methyl sites for hydroxylation is 2. The summed E-state index contributed by atoms with van der Waals surface area (Å²) in [7, 11) is 0. The third kappa shape index (κ3) is 3.81. The van der Waals surface area contributed by atoms with Crippen molar-refractivity contribution in [3.8, 4) is 0 Å². The van der Waals surface area contributed by atoms with Crippen molar-refractivity contribution in [1.82, 2.24) is 4.98 Å². The standard InChI is InChI=1S/C16H17ClN2O/c1-11-9-14(7-8-16(11)17)13(3)19-20-10-15-6-4-5-12(2)18-15/h4-9H,10H2,1-3H3. The number of hydrogen-bond acceptors (Lipinski definition) is 3. The second kappa shape index (κ2) is 6.53. The molecular formula is C16H17ClN2O. The van der Waals surface area contributed by atoms with E-state index in [2.05, 4.69) is 10.1 Å². The lowest BCUT2D eigenvalue weighted by molar-refractivity contribution is 0.127. The Bertz CT molecular complexity index is 638. The number of rotatable bonds is 4. The van der Waals surface area contributed by atoms with Crippen molar-refractivity contribution in [3.63, 3.8) is 0 Å². The SMILES string of the molecule is CC(=NOCc1cccc(C)n1)c1ccc(Cl)c(C)c1. The van der Waals surface area contributed by atoms with Gasteiger partial charge in [-0.3, -0.25) is 4.98 Å². The smallest absolute Gasteiger partial charge is 0.159 e. The fourth-order valence-corrected chi connectivity index (χ4v) is 1.92. The largest absolute Gasteiger partial charge is 0.389 e. The number of aromatic nitrogens is 1. The van der Waals surface area contributed by atoms with Gasteiger partial charge in [0.2, 0.25) is 0 Å². The molecule has 0 amide bonds. The van der Waals surface area contributed by atoms with E-state index in [9.17, 15) is 0 Å². The summed E-state index contributed by atoms with van der Waals surface area (Å²) in [5, 5.41) is 4.88.